The molecule has 0 aromatic rings. The van der Waals surface area contributed by atoms with Gasteiger partial charge in [-0.15, -0.1) is 0 Å². The summed E-state index contributed by atoms with van der Waals surface area (Å²) in [5.74, 6) is -9.37. The number of hydrogen-bond acceptors (Lipinski definition) is 18. The largest absolute Gasteiger partial charge is 0.394 e. The standard InChI is InChI=1S/C33H54N10O18/c1-14(48)35-7-23(51)39-17(10-45)29(56)42-19(13-60-33-25(38-15(2)49)27(54)26(53)21(12-47)61-33)30(57)41-16(9-44)28(55)37-8-24(52)40-18(11-46)32(59)43-5-3-4-20(43)31(58)36-6-22(34)50/h16-21,25-27,33,44-47,53-54H,3-13H2,1-2H3,(H2,34,50)(H,35,48)(H,36,58)(H,37,55)(H,38,49)(H,39,51)(H,40,52)(H,41,57)(H,42,56)/t16-,17-,18-,19-,20-,21+,25+,26-,27+,33-/m0/s1. The highest BCUT2D eigenvalue weighted by atomic mass is 16.7. The number of carbonyl (C=O) groups excluding carboxylic acids is 10. The molecule has 344 valence electrons. The van der Waals surface area contributed by atoms with Crippen molar-refractivity contribution in [1.29, 1.82) is 0 Å². The van der Waals surface area contributed by atoms with Gasteiger partial charge in [-0.3, -0.25) is 47.9 Å². The number of likely N-dealkylation sites (tertiary alicyclic amines) is 1. The Morgan fingerprint density at radius 1 is 0.705 bits per heavy atom. The number of primary amides is 1. The lowest BCUT2D eigenvalue weighted by Gasteiger charge is -2.42. The average Bonchev–Trinajstić information content (AvgIpc) is 3.72. The van der Waals surface area contributed by atoms with E-state index in [2.05, 4.69) is 42.5 Å². The van der Waals surface area contributed by atoms with Crippen LogP contribution < -0.4 is 48.3 Å². The first kappa shape index (κ1) is 51.5. The van der Waals surface area contributed by atoms with Crippen LogP contribution in [0.25, 0.3) is 0 Å². The summed E-state index contributed by atoms with van der Waals surface area (Å²) in [6.07, 6.45) is -6.09. The summed E-state index contributed by atoms with van der Waals surface area (Å²) >= 11 is 0. The van der Waals surface area contributed by atoms with E-state index in [1.165, 1.54) is 0 Å². The van der Waals surface area contributed by atoms with Crippen molar-refractivity contribution in [2.45, 2.75) is 87.5 Å². The van der Waals surface area contributed by atoms with Crippen molar-refractivity contribution in [3.63, 3.8) is 0 Å². The topological polar surface area (TPSA) is 436 Å². The van der Waals surface area contributed by atoms with E-state index in [4.69, 9.17) is 15.2 Å². The Labute approximate surface area is 347 Å². The minimum Gasteiger partial charge on any atom is -0.394 e. The zero-order valence-electron chi connectivity index (χ0n) is 33.2. The van der Waals surface area contributed by atoms with Gasteiger partial charge in [0.15, 0.2) is 6.29 Å². The molecule has 16 N–H and O–H groups in total. The zero-order chi connectivity index (χ0) is 46.0. The molecule has 10 atom stereocenters. The van der Waals surface area contributed by atoms with E-state index in [1.807, 2.05) is 0 Å². The molecule has 28 heteroatoms. The fourth-order valence-corrected chi connectivity index (χ4v) is 5.89. The number of aliphatic hydroxyl groups excluding tert-OH is 6. The average molecular weight is 879 g/mol. The monoisotopic (exact) mass is 878 g/mol. The van der Waals surface area contributed by atoms with E-state index >= 15 is 0 Å². The van der Waals surface area contributed by atoms with Crippen LogP contribution in [0.5, 0.6) is 0 Å². The summed E-state index contributed by atoms with van der Waals surface area (Å²) in [5, 5.41) is 77.6. The lowest BCUT2D eigenvalue weighted by atomic mass is 9.97. The number of amides is 10. The maximum atomic E-state index is 13.6. The number of nitrogens with zero attached hydrogens (tertiary/aromatic N) is 1. The molecule has 2 aliphatic heterocycles. The number of carbonyl (C=O) groups is 10. The summed E-state index contributed by atoms with van der Waals surface area (Å²) in [6, 6.07) is -9.65. The molecule has 2 rings (SSSR count). The van der Waals surface area contributed by atoms with E-state index in [1.54, 1.807) is 0 Å². The molecule has 28 nitrogen and oxygen atoms in total. The van der Waals surface area contributed by atoms with Gasteiger partial charge in [0.05, 0.1) is 52.7 Å². The minimum atomic E-state index is -1.92. The van der Waals surface area contributed by atoms with Crippen LogP contribution in [0.15, 0.2) is 0 Å². The molecule has 0 aromatic carbocycles. The third kappa shape index (κ3) is 16.1. The molecular formula is C33H54N10O18. The number of hydrogen-bond donors (Lipinski definition) is 15. The van der Waals surface area contributed by atoms with Crippen molar-refractivity contribution in [1.82, 2.24) is 47.4 Å². The van der Waals surface area contributed by atoms with Gasteiger partial charge < -0.3 is 93.3 Å². The Hall–Kier alpha value is -5.62. The molecule has 2 saturated heterocycles. The number of rotatable bonds is 23. The van der Waals surface area contributed by atoms with Crippen LogP contribution in [0, 0.1) is 0 Å². The van der Waals surface area contributed by atoms with Crippen LogP contribution >= 0.6 is 0 Å². The quantitative estimate of drug-likeness (QED) is 0.0453. The molecule has 0 unspecified atom stereocenters. The predicted molar refractivity (Wildman–Crippen MR) is 199 cm³/mol. The third-order valence-electron chi connectivity index (χ3n) is 8.97. The van der Waals surface area contributed by atoms with E-state index in [0.717, 1.165) is 18.7 Å². The molecule has 0 aromatic heterocycles. The molecule has 0 aliphatic carbocycles. The maximum absolute atomic E-state index is 13.6. The zero-order valence-corrected chi connectivity index (χ0v) is 33.2. The summed E-state index contributed by atoms with van der Waals surface area (Å²) < 4.78 is 11.0. The van der Waals surface area contributed by atoms with E-state index in [9.17, 15) is 78.6 Å². The summed E-state index contributed by atoms with van der Waals surface area (Å²) in [4.78, 5) is 126. The Bertz CT molecular complexity index is 1600. The van der Waals surface area contributed by atoms with Gasteiger partial charge in [-0.2, -0.15) is 0 Å². The van der Waals surface area contributed by atoms with Crippen LogP contribution in [0.2, 0.25) is 0 Å². The van der Waals surface area contributed by atoms with Crippen molar-refractivity contribution in [3.8, 4) is 0 Å². The maximum Gasteiger partial charge on any atom is 0.248 e. The normalized spacial score (nSPS) is 22.9. The highest BCUT2D eigenvalue weighted by molar-refractivity contribution is 5.97. The number of nitrogens with two attached hydrogens (primary N) is 1. The lowest BCUT2D eigenvalue weighted by Crippen LogP contribution is -2.65. The second-order valence-electron chi connectivity index (χ2n) is 13.7. The van der Waals surface area contributed by atoms with Crippen molar-refractivity contribution < 1.29 is 88.1 Å². The fraction of sp³-hybridized carbons (Fsp3) is 0.697. The molecule has 10 amide bonds. The highest BCUT2D eigenvalue weighted by Gasteiger charge is 2.46. The Morgan fingerprint density at radius 2 is 1.26 bits per heavy atom. The first-order valence-electron chi connectivity index (χ1n) is 18.7. The second-order valence-corrected chi connectivity index (χ2v) is 13.7. The van der Waals surface area contributed by atoms with Crippen molar-refractivity contribution in [2.24, 2.45) is 5.73 Å². The van der Waals surface area contributed by atoms with Gasteiger partial charge in [0, 0.05) is 20.4 Å². The summed E-state index contributed by atoms with van der Waals surface area (Å²) in [6.45, 7) is -4.62. The SMILES string of the molecule is CC(=O)NCC(=O)N[C@@H](CO)C(=O)N[C@@H](CO[C@H]1O[C@H](CO)[C@H](O)[C@H](O)[C@H]1NC(C)=O)C(=O)N[C@@H](CO)C(=O)NCC(=O)N[C@@H](CO)C(=O)N1CCC[C@H]1C(=O)NCC(N)=O. The van der Waals surface area contributed by atoms with Gasteiger partial charge in [0.2, 0.25) is 59.1 Å². The Morgan fingerprint density at radius 3 is 1.82 bits per heavy atom. The Balaban J connectivity index is 2.19. The molecule has 2 heterocycles. The minimum absolute atomic E-state index is 0.0761. The number of aliphatic hydroxyl groups is 6. The van der Waals surface area contributed by atoms with Crippen LogP contribution in [0.1, 0.15) is 26.7 Å². The smallest absolute Gasteiger partial charge is 0.248 e. The van der Waals surface area contributed by atoms with Gasteiger partial charge in [0.1, 0.15) is 54.6 Å². The van der Waals surface area contributed by atoms with Crippen LogP contribution in [-0.4, -0.2) is 215 Å². The van der Waals surface area contributed by atoms with E-state index in [-0.39, 0.29) is 13.0 Å². The molecule has 0 saturated carbocycles. The van der Waals surface area contributed by atoms with Gasteiger partial charge >= 0.3 is 0 Å². The number of nitrogens with one attached hydrogen (secondary N) is 8. The molecule has 0 spiro atoms. The van der Waals surface area contributed by atoms with Gasteiger partial charge in [-0.1, -0.05) is 0 Å². The van der Waals surface area contributed by atoms with Crippen molar-refractivity contribution in [2.75, 3.05) is 59.2 Å². The summed E-state index contributed by atoms with van der Waals surface area (Å²) in [5.41, 5.74) is 5.04. The van der Waals surface area contributed by atoms with E-state index < -0.39 is 173 Å². The van der Waals surface area contributed by atoms with Crippen LogP contribution in [0.4, 0.5) is 0 Å². The second kappa shape index (κ2) is 25.2. The first-order valence-corrected chi connectivity index (χ1v) is 18.7. The molecule has 2 aliphatic rings. The molecule has 61 heavy (non-hydrogen) atoms. The third-order valence-corrected chi connectivity index (χ3v) is 8.97. The molecular weight excluding hydrogens is 824 g/mol. The van der Waals surface area contributed by atoms with Gasteiger partial charge in [-0.25, -0.2) is 0 Å². The predicted octanol–water partition coefficient (Wildman–Crippen LogP) is -11.3. The van der Waals surface area contributed by atoms with Gasteiger partial charge in [0.25, 0.3) is 0 Å². The van der Waals surface area contributed by atoms with Crippen molar-refractivity contribution in [3.05, 3.63) is 0 Å². The fourth-order valence-electron chi connectivity index (χ4n) is 5.89. The molecule has 2 fully saturated rings. The lowest BCUT2D eigenvalue weighted by molar-refractivity contribution is -0.271. The molecule has 0 radical (unpaired) electrons. The highest BCUT2D eigenvalue weighted by Crippen LogP contribution is 2.23. The van der Waals surface area contributed by atoms with Crippen molar-refractivity contribution >= 4 is 59.1 Å². The van der Waals surface area contributed by atoms with Crippen LogP contribution in [-0.2, 0) is 57.4 Å². The van der Waals surface area contributed by atoms with Crippen LogP contribution in [0.3, 0.4) is 0 Å². The number of ether oxygens (including phenoxy) is 2. The summed E-state index contributed by atoms with van der Waals surface area (Å²) in [7, 11) is 0. The van der Waals surface area contributed by atoms with Gasteiger partial charge in [-0.05, 0) is 12.8 Å². The Kier molecular flexibility index (Phi) is 21.3. The first-order chi connectivity index (χ1) is 28.8. The molecule has 0 bridgehead atoms. The van der Waals surface area contributed by atoms with E-state index in [0.29, 0.717) is 6.42 Å².